The van der Waals surface area contributed by atoms with Gasteiger partial charge in [0.2, 0.25) is 5.91 Å². The summed E-state index contributed by atoms with van der Waals surface area (Å²) in [6, 6.07) is 3.46. The van der Waals surface area contributed by atoms with Gasteiger partial charge in [-0.25, -0.2) is 4.98 Å². The van der Waals surface area contributed by atoms with Crippen LogP contribution in [-0.2, 0) is 28.8 Å². The summed E-state index contributed by atoms with van der Waals surface area (Å²) in [6.07, 6.45) is 4.28. The number of thiazole rings is 1. The van der Waals surface area contributed by atoms with Crippen molar-refractivity contribution >= 4 is 64.7 Å². The van der Waals surface area contributed by atoms with Gasteiger partial charge in [-0.1, -0.05) is 24.3 Å². The lowest BCUT2D eigenvalue weighted by Crippen LogP contribution is -2.55. The number of carboxylic acid groups (broad SMARTS) is 1. The first-order valence-corrected chi connectivity index (χ1v) is 12.9. The number of aliphatic hydroxyl groups is 1. The highest BCUT2D eigenvalue weighted by molar-refractivity contribution is 7.07. The maximum absolute atomic E-state index is 13.8. The van der Waals surface area contributed by atoms with Crippen LogP contribution in [0.15, 0.2) is 52.9 Å². The molecule has 4 amide bonds. The Balaban J connectivity index is 1.98. The predicted octanol–water partition coefficient (Wildman–Crippen LogP) is 0.118. The number of aliphatic hydroxyl groups excluding tert-OH is 1. The van der Waals surface area contributed by atoms with Gasteiger partial charge in [-0.3, -0.25) is 28.9 Å². The lowest BCUT2D eigenvalue weighted by atomic mass is 10.1. The fourth-order valence-electron chi connectivity index (χ4n) is 3.96. The predicted molar refractivity (Wildman–Crippen MR) is 145 cm³/mol. The molecule has 14 heteroatoms. The Labute approximate surface area is 232 Å². The molecule has 0 spiro atoms. The first-order chi connectivity index (χ1) is 19.2. The van der Waals surface area contributed by atoms with E-state index >= 15 is 0 Å². The van der Waals surface area contributed by atoms with Gasteiger partial charge in [0.25, 0.3) is 17.7 Å². The summed E-state index contributed by atoms with van der Waals surface area (Å²) in [7, 11) is 0. The number of fused-ring (bicyclic) bond motifs is 1. The molecule has 2 heterocycles. The zero-order valence-electron chi connectivity index (χ0n) is 21.4. The topological polar surface area (TPSA) is 186 Å². The van der Waals surface area contributed by atoms with Crippen LogP contribution in [0.2, 0.25) is 0 Å². The van der Waals surface area contributed by atoms with E-state index in [1.54, 1.807) is 36.0 Å². The minimum atomic E-state index is -1.35. The molecule has 0 radical (unpaired) electrons. The number of benzene rings is 1. The number of para-hydroxylation sites is 2. The van der Waals surface area contributed by atoms with E-state index in [0.717, 1.165) is 9.80 Å². The van der Waals surface area contributed by atoms with E-state index in [1.165, 1.54) is 35.6 Å². The number of rotatable bonds is 11. The first-order valence-electron chi connectivity index (χ1n) is 12.0. The zero-order chi connectivity index (χ0) is 29.2. The van der Waals surface area contributed by atoms with E-state index in [4.69, 9.17) is 5.11 Å². The Kier molecular flexibility index (Phi) is 10.4. The Bertz CT molecular complexity index is 1340. The number of nitrogens with zero attached hydrogens (tertiary/aromatic N) is 3. The van der Waals surface area contributed by atoms with Crippen LogP contribution in [0.5, 0.6) is 0 Å². The van der Waals surface area contributed by atoms with Crippen LogP contribution >= 0.6 is 11.3 Å². The smallest absolute Gasteiger partial charge is 0.305 e. The van der Waals surface area contributed by atoms with Gasteiger partial charge in [-0.15, -0.1) is 11.3 Å². The molecule has 13 nitrogen and oxygen atoms in total. The number of aldehydes is 1. The minimum absolute atomic E-state index is 0.133. The third-order valence-corrected chi connectivity index (χ3v) is 6.31. The lowest BCUT2D eigenvalue weighted by molar-refractivity contribution is -0.139. The molecule has 2 atom stereocenters. The Morgan fingerprint density at radius 3 is 2.55 bits per heavy atom. The molecular formula is C26H27N5O8S. The summed E-state index contributed by atoms with van der Waals surface area (Å²) in [4.78, 5) is 81.1. The number of carbonyl (C=O) groups excluding carboxylic acids is 5. The highest BCUT2D eigenvalue weighted by Gasteiger charge is 2.37. The van der Waals surface area contributed by atoms with E-state index in [-0.39, 0.29) is 29.8 Å². The Hall–Kier alpha value is -4.69. The minimum Gasteiger partial charge on any atom is -0.481 e. The van der Waals surface area contributed by atoms with Crippen molar-refractivity contribution in [2.45, 2.75) is 25.4 Å². The number of allylic oxidation sites excluding steroid dienone is 1. The van der Waals surface area contributed by atoms with E-state index in [0.29, 0.717) is 5.69 Å². The third-order valence-electron chi connectivity index (χ3n) is 5.70. The molecule has 1 aliphatic rings. The molecule has 1 aliphatic heterocycles. The van der Waals surface area contributed by atoms with Crippen LogP contribution in [0, 0.1) is 0 Å². The van der Waals surface area contributed by atoms with Crippen LogP contribution in [-0.4, -0.2) is 82.9 Å². The second-order valence-corrected chi connectivity index (χ2v) is 9.24. The number of aromatic nitrogens is 1. The number of carbonyl (C=O) groups is 6. The van der Waals surface area contributed by atoms with E-state index in [1.807, 2.05) is 0 Å². The van der Waals surface area contributed by atoms with Crippen molar-refractivity contribution in [3.63, 3.8) is 0 Å². The number of anilines is 2. The van der Waals surface area contributed by atoms with Crippen LogP contribution in [0.4, 0.5) is 11.4 Å². The normalized spacial score (nSPS) is 16.2. The quantitative estimate of drug-likeness (QED) is 0.166. The monoisotopic (exact) mass is 569 g/mol. The van der Waals surface area contributed by atoms with Gasteiger partial charge < -0.3 is 30.5 Å². The van der Waals surface area contributed by atoms with Crippen LogP contribution in [0.1, 0.15) is 19.0 Å². The highest BCUT2D eigenvalue weighted by Crippen LogP contribution is 2.33. The molecule has 0 saturated carbocycles. The molecule has 0 aliphatic carbocycles. The van der Waals surface area contributed by atoms with Crippen molar-refractivity contribution in [3.8, 4) is 0 Å². The standard InChI is InChI=1S/C26H27N5O8S/c1-2-5-16(8-18-14-40-15-27-18)25(38)29-19-10-30(23(35)13-33)20-6-3-4-7-21(20)31(26(19)39)11-22(34)28-17(12-32)9-24(36)37/h2-8,12,14-15,17,19,33H,9-11,13H2,1H3,(H,28,34)(H,29,38)(H,36,37)/t17-,19-/m0/s1. The molecule has 1 aromatic heterocycles. The van der Waals surface area contributed by atoms with Gasteiger partial charge in [0.15, 0.2) is 0 Å². The lowest BCUT2D eigenvalue weighted by Gasteiger charge is -2.25. The number of hydrogen-bond acceptors (Lipinski definition) is 9. The van der Waals surface area contributed by atoms with Crippen LogP contribution < -0.4 is 20.4 Å². The average Bonchev–Trinajstić information content (AvgIpc) is 3.42. The summed E-state index contributed by atoms with van der Waals surface area (Å²) in [5.74, 6) is -4.30. The highest BCUT2D eigenvalue weighted by atomic mass is 32.1. The maximum Gasteiger partial charge on any atom is 0.305 e. The SMILES string of the molecule is CC=CC(=Cc1cscn1)C(=O)N[C@H]1CN(C(=O)CO)c2ccccc2N(CC(=O)N[C@H](C=O)CC(=O)O)C1=O. The van der Waals surface area contributed by atoms with Gasteiger partial charge in [-0.2, -0.15) is 0 Å². The van der Waals surface area contributed by atoms with Crippen molar-refractivity contribution in [1.29, 1.82) is 0 Å². The van der Waals surface area contributed by atoms with Gasteiger partial charge in [0.05, 0.1) is 41.6 Å². The van der Waals surface area contributed by atoms with Crippen molar-refractivity contribution in [3.05, 3.63) is 58.6 Å². The summed E-state index contributed by atoms with van der Waals surface area (Å²) in [6.45, 7) is -0.180. The van der Waals surface area contributed by atoms with Crippen molar-refractivity contribution in [2.75, 3.05) is 29.5 Å². The average molecular weight is 570 g/mol. The molecule has 40 heavy (non-hydrogen) atoms. The van der Waals surface area contributed by atoms with Crippen LogP contribution in [0.3, 0.4) is 0 Å². The number of aliphatic carboxylic acids is 1. The van der Waals surface area contributed by atoms with E-state index in [2.05, 4.69) is 15.6 Å². The Morgan fingerprint density at radius 1 is 1.23 bits per heavy atom. The summed E-state index contributed by atoms with van der Waals surface area (Å²) in [5, 5.41) is 25.2. The molecule has 1 aromatic carbocycles. The molecule has 0 unspecified atom stereocenters. The summed E-state index contributed by atoms with van der Waals surface area (Å²) in [5.41, 5.74) is 2.62. The van der Waals surface area contributed by atoms with E-state index in [9.17, 15) is 33.9 Å². The number of nitrogens with one attached hydrogen (secondary N) is 2. The zero-order valence-corrected chi connectivity index (χ0v) is 22.2. The van der Waals surface area contributed by atoms with Gasteiger partial charge >= 0.3 is 5.97 Å². The summed E-state index contributed by atoms with van der Waals surface area (Å²) < 4.78 is 0. The molecule has 3 rings (SSSR count). The fraction of sp³-hybridized carbons (Fsp3) is 0.269. The second kappa shape index (κ2) is 13.9. The number of hydrogen-bond donors (Lipinski definition) is 4. The molecule has 210 valence electrons. The summed E-state index contributed by atoms with van der Waals surface area (Å²) >= 11 is 1.33. The van der Waals surface area contributed by atoms with Crippen molar-refractivity contribution in [2.24, 2.45) is 0 Å². The molecule has 0 fully saturated rings. The fourth-order valence-corrected chi connectivity index (χ4v) is 4.47. The second-order valence-electron chi connectivity index (χ2n) is 8.52. The van der Waals surface area contributed by atoms with E-state index < -0.39 is 61.3 Å². The molecule has 0 bridgehead atoms. The van der Waals surface area contributed by atoms with Gasteiger partial charge in [-0.05, 0) is 25.1 Å². The molecule has 2 aromatic rings. The van der Waals surface area contributed by atoms with Gasteiger partial charge in [0.1, 0.15) is 25.5 Å². The van der Waals surface area contributed by atoms with Crippen molar-refractivity contribution < 1.29 is 39.0 Å². The number of amides is 4. The molecular weight excluding hydrogens is 542 g/mol. The van der Waals surface area contributed by atoms with Crippen molar-refractivity contribution in [1.82, 2.24) is 15.6 Å². The Morgan fingerprint density at radius 2 is 1.95 bits per heavy atom. The third kappa shape index (κ3) is 7.45. The van der Waals surface area contributed by atoms with Crippen LogP contribution in [0.25, 0.3) is 6.08 Å². The number of carboxylic acids is 1. The largest absolute Gasteiger partial charge is 0.481 e. The first kappa shape index (κ1) is 29.9. The molecule has 4 N–H and O–H groups in total. The maximum atomic E-state index is 13.8. The van der Waals surface area contributed by atoms with Gasteiger partial charge in [0, 0.05) is 11.0 Å². The molecule has 0 saturated heterocycles.